The van der Waals surface area contributed by atoms with E-state index in [0.717, 1.165) is 5.75 Å². The summed E-state index contributed by atoms with van der Waals surface area (Å²) in [5.41, 5.74) is -0.464. The molecule has 0 unspecified atom stereocenters. The molecule has 1 heterocycles. The molecule has 0 bridgehead atoms. The van der Waals surface area contributed by atoms with Gasteiger partial charge in [0.1, 0.15) is 17.0 Å². The third-order valence-corrected chi connectivity index (χ3v) is 2.19. The van der Waals surface area contributed by atoms with Gasteiger partial charge in [-0.05, 0) is 38.0 Å². The van der Waals surface area contributed by atoms with Crippen molar-refractivity contribution in [3.05, 3.63) is 54.2 Å². The summed E-state index contributed by atoms with van der Waals surface area (Å²) < 4.78 is 5.61. The molecule has 0 saturated carbocycles. The van der Waals surface area contributed by atoms with Crippen LogP contribution in [0.4, 0.5) is 0 Å². The fourth-order valence-electron chi connectivity index (χ4n) is 1.37. The first-order valence-electron chi connectivity index (χ1n) is 5.98. The Bertz CT molecular complexity index is 604. The van der Waals surface area contributed by atoms with E-state index in [1.807, 2.05) is 36.4 Å². The molecule has 0 aliphatic carbocycles. The topological polar surface area (TPSA) is 42.4 Å². The molecule has 1 aromatic carbocycles. The van der Waals surface area contributed by atoms with Crippen LogP contribution in [0.15, 0.2) is 48.5 Å². The Hall–Kier alpha value is -2.31. The molecule has 2 rings (SSSR count). The predicted molar refractivity (Wildman–Crippen MR) is 73.9 cm³/mol. The molecule has 3 nitrogen and oxygen atoms in total. The summed E-state index contributed by atoms with van der Waals surface area (Å²) in [5.74, 6) is 6.74. The predicted octanol–water partition coefficient (Wildman–Crippen LogP) is 3.00. The van der Waals surface area contributed by atoms with Crippen LogP contribution >= 0.6 is 0 Å². The Kier molecular flexibility index (Phi) is 3.84. The van der Waals surface area contributed by atoms with E-state index >= 15 is 0 Å². The van der Waals surface area contributed by atoms with Crippen LogP contribution in [0.2, 0.25) is 0 Å². The molecule has 0 spiro atoms. The van der Waals surface area contributed by atoms with Gasteiger partial charge >= 0.3 is 0 Å². The van der Waals surface area contributed by atoms with Crippen molar-refractivity contribution < 1.29 is 9.84 Å². The number of para-hydroxylation sites is 1. The highest BCUT2D eigenvalue weighted by molar-refractivity contribution is 5.34. The van der Waals surface area contributed by atoms with Gasteiger partial charge in [-0.1, -0.05) is 30.2 Å². The first-order chi connectivity index (χ1) is 9.03. The van der Waals surface area contributed by atoms with Crippen molar-refractivity contribution >= 4 is 0 Å². The molecule has 2 aromatic rings. The highest BCUT2D eigenvalue weighted by atomic mass is 16.5. The number of aliphatic hydroxyl groups is 1. The van der Waals surface area contributed by atoms with E-state index in [9.17, 15) is 5.11 Å². The first-order valence-corrected chi connectivity index (χ1v) is 5.98. The molecule has 0 amide bonds. The third-order valence-electron chi connectivity index (χ3n) is 2.19. The van der Waals surface area contributed by atoms with E-state index < -0.39 is 5.60 Å². The number of ether oxygens (including phenoxy) is 1. The van der Waals surface area contributed by atoms with Crippen molar-refractivity contribution in [3.8, 4) is 23.5 Å². The zero-order valence-corrected chi connectivity index (χ0v) is 10.9. The quantitative estimate of drug-likeness (QED) is 0.837. The lowest BCUT2D eigenvalue weighted by atomic mass is 10.1. The lowest BCUT2D eigenvalue weighted by molar-refractivity contribution is 0.143. The normalized spacial score (nSPS) is 10.5. The number of hydrogen-bond acceptors (Lipinski definition) is 3. The van der Waals surface area contributed by atoms with E-state index in [4.69, 9.17) is 4.74 Å². The van der Waals surface area contributed by atoms with Crippen LogP contribution in [-0.4, -0.2) is 15.7 Å². The monoisotopic (exact) mass is 253 g/mol. The minimum Gasteiger partial charge on any atom is -0.439 e. The maximum Gasteiger partial charge on any atom is 0.220 e. The zero-order chi connectivity index (χ0) is 13.7. The molecule has 0 fully saturated rings. The van der Waals surface area contributed by atoms with E-state index in [0.29, 0.717) is 11.6 Å². The van der Waals surface area contributed by atoms with Crippen LogP contribution < -0.4 is 4.74 Å². The van der Waals surface area contributed by atoms with E-state index in [1.165, 1.54) is 0 Å². The highest BCUT2D eigenvalue weighted by Gasteiger charge is 2.06. The summed E-state index contributed by atoms with van der Waals surface area (Å²) in [4.78, 5) is 4.26. The lowest BCUT2D eigenvalue weighted by Crippen LogP contribution is -2.14. The molecular weight excluding hydrogens is 238 g/mol. The fraction of sp³-hybridized carbons (Fsp3) is 0.188. The van der Waals surface area contributed by atoms with Gasteiger partial charge in [-0.25, -0.2) is 4.98 Å². The average Bonchev–Trinajstić information content (AvgIpc) is 2.37. The minimum absolute atomic E-state index is 0.480. The number of pyridine rings is 1. The van der Waals surface area contributed by atoms with Crippen LogP contribution in [0, 0.1) is 11.8 Å². The Morgan fingerprint density at radius 1 is 1.05 bits per heavy atom. The van der Waals surface area contributed by atoms with Crippen molar-refractivity contribution in [1.82, 2.24) is 4.98 Å². The SMILES string of the molecule is CC(C)(O)C#Cc1cccc(Oc2ccccc2)n1. The van der Waals surface area contributed by atoms with Gasteiger partial charge in [0.15, 0.2) is 0 Å². The van der Waals surface area contributed by atoms with Gasteiger partial charge < -0.3 is 9.84 Å². The Morgan fingerprint density at radius 3 is 2.47 bits per heavy atom. The summed E-state index contributed by atoms with van der Waals surface area (Å²) in [6, 6.07) is 14.8. The van der Waals surface area contributed by atoms with Gasteiger partial charge in [0.05, 0.1) is 0 Å². The van der Waals surface area contributed by atoms with E-state index in [1.54, 1.807) is 26.0 Å². The first kappa shape index (κ1) is 13.1. The van der Waals surface area contributed by atoms with Gasteiger partial charge in [-0.2, -0.15) is 0 Å². The molecule has 0 radical (unpaired) electrons. The lowest BCUT2D eigenvalue weighted by Gasteiger charge is -2.06. The second-order valence-corrected chi connectivity index (χ2v) is 4.59. The second kappa shape index (κ2) is 5.55. The van der Waals surface area contributed by atoms with Crippen molar-refractivity contribution in [2.75, 3.05) is 0 Å². The fourth-order valence-corrected chi connectivity index (χ4v) is 1.37. The summed E-state index contributed by atoms with van der Waals surface area (Å²) in [7, 11) is 0. The summed E-state index contributed by atoms with van der Waals surface area (Å²) >= 11 is 0. The van der Waals surface area contributed by atoms with E-state index in [2.05, 4.69) is 16.8 Å². The number of hydrogen-bond donors (Lipinski definition) is 1. The van der Waals surface area contributed by atoms with Crippen LogP contribution in [0.5, 0.6) is 11.6 Å². The molecule has 1 aromatic heterocycles. The highest BCUT2D eigenvalue weighted by Crippen LogP contribution is 2.18. The maximum absolute atomic E-state index is 9.55. The Morgan fingerprint density at radius 2 is 1.79 bits per heavy atom. The summed E-state index contributed by atoms with van der Waals surface area (Å²) in [5, 5.41) is 9.55. The minimum atomic E-state index is -1.03. The van der Waals surface area contributed by atoms with Crippen LogP contribution in [-0.2, 0) is 0 Å². The zero-order valence-electron chi connectivity index (χ0n) is 10.9. The number of benzene rings is 1. The third kappa shape index (κ3) is 4.46. The molecule has 0 atom stereocenters. The van der Waals surface area contributed by atoms with Gasteiger partial charge in [0, 0.05) is 6.07 Å². The Balaban J connectivity index is 2.18. The van der Waals surface area contributed by atoms with Crippen molar-refractivity contribution in [2.45, 2.75) is 19.4 Å². The average molecular weight is 253 g/mol. The molecular formula is C16H15NO2. The summed E-state index contributed by atoms with van der Waals surface area (Å²) in [6.07, 6.45) is 0. The summed E-state index contributed by atoms with van der Waals surface area (Å²) in [6.45, 7) is 3.26. The van der Waals surface area contributed by atoms with E-state index in [-0.39, 0.29) is 0 Å². The number of rotatable bonds is 2. The Labute approximate surface area is 112 Å². The van der Waals surface area contributed by atoms with Crippen molar-refractivity contribution in [3.63, 3.8) is 0 Å². The molecule has 96 valence electrons. The molecule has 0 saturated heterocycles. The number of nitrogens with zero attached hydrogens (tertiary/aromatic N) is 1. The van der Waals surface area contributed by atoms with Crippen LogP contribution in [0.1, 0.15) is 19.5 Å². The van der Waals surface area contributed by atoms with Gasteiger partial charge in [-0.3, -0.25) is 0 Å². The van der Waals surface area contributed by atoms with Gasteiger partial charge in [-0.15, -0.1) is 0 Å². The standard InChI is InChI=1S/C16H15NO2/c1-16(2,18)12-11-13-7-6-10-15(17-13)19-14-8-4-3-5-9-14/h3-10,18H,1-2H3. The van der Waals surface area contributed by atoms with Crippen molar-refractivity contribution in [1.29, 1.82) is 0 Å². The molecule has 19 heavy (non-hydrogen) atoms. The van der Waals surface area contributed by atoms with Gasteiger partial charge in [0.2, 0.25) is 5.88 Å². The molecule has 0 aliphatic heterocycles. The van der Waals surface area contributed by atoms with Gasteiger partial charge in [0.25, 0.3) is 0 Å². The number of aromatic nitrogens is 1. The molecule has 1 N–H and O–H groups in total. The smallest absolute Gasteiger partial charge is 0.220 e. The largest absolute Gasteiger partial charge is 0.439 e. The maximum atomic E-state index is 9.55. The van der Waals surface area contributed by atoms with Crippen LogP contribution in [0.25, 0.3) is 0 Å². The van der Waals surface area contributed by atoms with Crippen LogP contribution in [0.3, 0.4) is 0 Å². The molecule has 0 aliphatic rings. The van der Waals surface area contributed by atoms with Crippen molar-refractivity contribution in [2.24, 2.45) is 0 Å². The molecule has 3 heteroatoms. The second-order valence-electron chi connectivity index (χ2n) is 4.59.